The third-order valence-corrected chi connectivity index (χ3v) is 2.32. The van der Waals surface area contributed by atoms with Gasteiger partial charge < -0.3 is 10.6 Å². The number of carbonyl (C=O) groups excluding carboxylic acids is 1. The number of nitrogens with one attached hydrogen (secondary N) is 2. The molecule has 0 fully saturated rings. The minimum atomic E-state index is -0.878. The van der Waals surface area contributed by atoms with E-state index in [0.717, 1.165) is 0 Å². The topological polar surface area (TPSA) is 58.2 Å². The van der Waals surface area contributed by atoms with E-state index in [4.69, 9.17) is 0 Å². The average molecular weight is 220 g/mol. The predicted octanol–water partition coefficient (Wildman–Crippen LogP) is 0.851. The van der Waals surface area contributed by atoms with Crippen molar-refractivity contribution in [3.05, 3.63) is 0 Å². The molecule has 0 aromatic rings. The molecular formula is C9H20N2O2S. The summed E-state index contributed by atoms with van der Waals surface area (Å²) in [5.41, 5.74) is -0.241. The highest BCUT2D eigenvalue weighted by Crippen LogP contribution is 1.97. The van der Waals surface area contributed by atoms with Crippen molar-refractivity contribution in [2.75, 3.05) is 12.0 Å². The molecule has 0 aromatic heterocycles. The van der Waals surface area contributed by atoms with Crippen LogP contribution in [0.25, 0.3) is 0 Å². The number of amides is 2. The van der Waals surface area contributed by atoms with Crippen LogP contribution in [0.4, 0.5) is 4.79 Å². The fraction of sp³-hybridized carbons (Fsp3) is 0.889. The normalized spacial score (nSPS) is 15.8. The molecule has 0 spiro atoms. The Labute approximate surface area is 88.3 Å². The van der Waals surface area contributed by atoms with E-state index in [1.54, 1.807) is 6.26 Å². The van der Waals surface area contributed by atoms with E-state index in [0.29, 0.717) is 5.75 Å². The lowest BCUT2D eigenvalue weighted by molar-refractivity contribution is 0.230. The summed E-state index contributed by atoms with van der Waals surface area (Å²) in [7, 11) is -0.878. The molecule has 0 aromatic carbocycles. The van der Waals surface area contributed by atoms with Gasteiger partial charge in [-0.05, 0) is 27.7 Å². The second kappa shape index (κ2) is 5.34. The molecular weight excluding hydrogens is 200 g/mol. The zero-order valence-corrected chi connectivity index (χ0v) is 10.3. The smallest absolute Gasteiger partial charge is 0.315 e. The van der Waals surface area contributed by atoms with Gasteiger partial charge in [0.2, 0.25) is 0 Å². The van der Waals surface area contributed by atoms with E-state index < -0.39 is 10.8 Å². The Morgan fingerprint density at radius 2 is 1.93 bits per heavy atom. The van der Waals surface area contributed by atoms with E-state index >= 15 is 0 Å². The molecule has 0 radical (unpaired) electrons. The molecule has 4 nitrogen and oxygen atoms in total. The van der Waals surface area contributed by atoms with Crippen molar-refractivity contribution in [1.82, 2.24) is 10.6 Å². The molecule has 2 amide bonds. The molecule has 0 aliphatic carbocycles. The number of rotatable bonds is 3. The van der Waals surface area contributed by atoms with Gasteiger partial charge in [0.1, 0.15) is 0 Å². The number of hydrogen-bond acceptors (Lipinski definition) is 2. The van der Waals surface area contributed by atoms with Crippen molar-refractivity contribution in [1.29, 1.82) is 0 Å². The van der Waals surface area contributed by atoms with E-state index in [1.807, 2.05) is 27.7 Å². The van der Waals surface area contributed by atoms with Gasteiger partial charge in [-0.2, -0.15) is 0 Å². The first-order chi connectivity index (χ1) is 6.20. The van der Waals surface area contributed by atoms with Crippen LogP contribution in [0.3, 0.4) is 0 Å². The molecule has 0 saturated heterocycles. The monoisotopic (exact) mass is 220 g/mol. The van der Waals surface area contributed by atoms with E-state index in [-0.39, 0.29) is 17.6 Å². The van der Waals surface area contributed by atoms with Crippen molar-refractivity contribution < 1.29 is 9.00 Å². The summed E-state index contributed by atoms with van der Waals surface area (Å²) in [6.45, 7) is 7.57. The summed E-state index contributed by atoms with van der Waals surface area (Å²) in [4.78, 5) is 11.3. The molecule has 2 unspecified atom stereocenters. The van der Waals surface area contributed by atoms with E-state index in [9.17, 15) is 9.00 Å². The Balaban J connectivity index is 3.89. The lowest BCUT2D eigenvalue weighted by atomic mass is 10.1. The first-order valence-electron chi connectivity index (χ1n) is 4.59. The molecule has 0 rings (SSSR count). The SMILES string of the molecule is CC(CS(C)=O)NC(=O)NC(C)(C)C. The van der Waals surface area contributed by atoms with Gasteiger partial charge in [-0.3, -0.25) is 4.21 Å². The standard InChI is InChI=1S/C9H20N2O2S/c1-7(6-14(5)13)10-8(12)11-9(2,3)4/h7H,6H2,1-5H3,(H2,10,11,12). The van der Waals surface area contributed by atoms with Gasteiger partial charge in [-0.1, -0.05) is 0 Å². The van der Waals surface area contributed by atoms with Crippen molar-refractivity contribution in [3.63, 3.8) is 0 Å². The Morgan fingerprint density at radius 1 is 1.43 bits per heavy atom. The Morgan fingerprint density at radius 3 is 2.29 bits per heavy atom. The minimum Gasteiger partial charge on any atom is -0.335 e. The summed E-state index contributed by atoms with van der Waals surface area (Å²) in [6, 6.07) is -0.279. The third kappa shape index (κ3) is 8.04. The molecule has 84 valence electrons. The maximum absolute atomic E-state index is 11.3. The van der Waals surface area contributed by atoms with Crippen LogP contribution >= 0.6 is 0 Å². The second-order valence-electron chi connectivity index (χ2n) is 4.49. The fourth-order valence-electron chi connectivity index (χ4n) is 0.994. The zero-order valence-electron chi connectivity index (χ0n) is 9.51. The largest absolute Gasteiger partial charge is 0.335 e. The fourth-order valence-corrected chi connectivity index (χ4v) is 1.78. The average Bonchev–Trinajstić information content (AvgIpc) is 1.77. The van der Waals surface area contributed by atoms with Crippen LogP contribution in [-0.4, -0.2) is 33.8 Å². The molecule has 0 aliphatic rings. The van der Waals surface area contributed by atoms with Gasteiger partial charge in [-0.25, -0.2) is 4.79 Å². The molecule has 2 N–H and O–H groups in total. The van der Waals surface area contributed by atoms with Crippen molar-refractivity contribution in [3.8, 4) is 0 Å². The number of urea groups is 1. The molecule has 2 atom stereocenters. The lowest BCUT2D eigenvalue weighted by Crippen LogP contribution is -2.49. The third-order valence-electron chi connectivity index (χ3n) is 1.35. The van der Waals surface area contributed by atoms with E-state index in [1.165, 1.54) is 0 Å². The van der Waals surface area contributed by atoms with Gasteiger partial charge in [0, 0.05) is 34.4 Å². The molecule has 0 saturated carbocycles. The summed E-state index contributed by atoms with van der Waals surface area (Å²) in [5, 5.41) is 5.50. The van der Waals surface area contributed by atoms with Crippen LogP contribution in [0.1, 0.15) is 27.7 Å². The van der Waals surface area contributed by atoms with E-state index in [2.05, 4.69) is 10.6 Å². The van der Waals surface area contributed by atoms with Crippen LogP contribution in [0.5, 0.6) is 0 Å². The summed E-state index contributed by atoms with van der Waals surface area (Å²) in [5.74, 6) is 0.484. The maximum Gasteiger partial charge on any atom is 0.315 e. The van der Waals surface area contributed by atoms with Crippen LogP contribution in [0, 0.1) is 0 Å². The van der Waals surface area contributed by atoms with Gasteiger partial charge >= 0.3 is 6.03 Å². The summed E-state index contributed by atoms with van der Waals surface area (Å²) < 4.78 is 10.9. The highest BCUT2D eigenvalue weighted by molar-refractivity contribution is 7.84. The molecule has 0 aliphatic heterocycles. The zero-order chi connectivity index (χ0) is 11.4. The molecule has 5 heteroatoms. The van der Waals surface area contributed by atoms with Gasteiger partial charge in [0.05, 0.1) is 0 Å². The summed E-state index contributed by atoms with van der Waals surface area (Å²) in [6.07, 6.45) is 1.62. The number of hydrogen-bond donors (Lipinski definition) is 2. The number of carbonyl (C=O) groups is 1. The minimum absolute atomic E-state index is 0.0665. The van der Waals surface area contributed by atoms with Crippen molar-refractivity contribution in [2.24, 2.45) is 0 Å². The van der Waals surface area contributed by atoms with Crippen LogP contribution < -0.4 is 10.6 Å². The first kappa shape index (κ1) is 13.4. The van der Waals surface area contributed by atoms with Crippen LogP contribution in [-0.2, 0) is 10.8 Å². The summed E-state index contributed by atoms with van der Waals surface area (Å²) >= 11 is 0. The molecule has 0 bridgehead atoms. The Hall–Kier alpha value is -0.580. The Bertz CT molecular complexity index is 223. The quantitative estimate of drug-likeness (QED) is 0.741. The molecule has 0 heterocycles. The van der Waals surface area contributed by atoms with Crippen molar-refractivity contribution in [2.45, 2.75) is 39.3 Å². The maximum atomic E-state index is 11.3. The highest BCUT2D eigenvalue weighted by atomic mass is 32.2. The van der Waals surface area contributed by atoms with Gasteiger partial charge in [0.25, 0.3) is 0 Å². The second-order valence-corrected chi connectivity index (χ2v) is 5.97. The molecule has 14 heavy (non-hydrogen) atoms. The van der Waals surface area contributed by atoms with Gasteiger partial charge in [0.15, 0.2) is 0 Å². The van der Waals surface area contributed by atoms with Crippen LogP contribution in [0.15, 0.2) is 0 Å². The van der Waals surface area contributed by atoms with Crippen molar-refractivity contribution >= 4 is 16.8 Å². The highest BCUT2D eigenvalue weighted by Gasteiger charge is 2.15. The first-order valence-corrected chi connectivity index (χ1v) is 6.32. The van der Waals surface area contributed by atoms with Gasteiger partial charge in [-0.15, -0.1) is 0 Å². The van der Waals surface area contributed by atoms with Crippen LogP contribution in [0.2, 0.25) is 0 Å². The lowest BCUT2D eigenvalue weighted by Gasteiger charge is -2.22. The Kier molecular flexibility index (Phi) is 5.12. The predicted molar refractivity (Wildman–Crippen MR) is 59.8 cm³/mol.